The number of rotatable bonds is 2. The van der Waals surface area contributed by atoms with Crippen molar-refractivity contribution >= 4 is 39.8 Å². The first-order chi connectivity index (χ1) is 17.6. The monoisotopic (exact) mass is 522 g/mol. The SMILES string of the molecule is C=CC(=O)N1CC23C(=CC2C)N(C)c2cnc4c(F)c(-c5c(O)cccc5F)c(Cl)cc4c2N3CC1C. The smallest absolute Gasteiger partial charge is 0.246 e. The number of amides is 1. The molecule has 2 aliphatic heterocycles. The molecule has 3 atom stereocenters. The van der Waals surface area contributed by atoms with Gasteiger partial charge in [-0.25, -0.2) is 8.78 Å². The number of hydrogen-bond donors (Lipinski definition) is 1. The fourth-order valence-electron chi connectivity index (χ4n) is 6.29. The molecule has 0 radical (unpaired) electrons. The van der Waals surface area contributed by atoms with Gasteiger partial charge in [0.25, 0.3) is 0 Å². The van der Waals surface area contributed by atoms with Gasteiger partial charge in [0.1, 0.15) is 22.6 Å². The number of hydrogen-bond acceptors (Lipinski definition) is 5. The molecule has 3 aromatic rings. The number of fused-ring (bicyclic) bond motifs is 4. The fourth-order valence-corrected chi connectivity index (χ4v) is 6.57. The highest BCUT2D eigenvalue weighted by Crippen LogP contribution is 2.57. The zero-order valence-corrected chi connectivity index (χ0v) is 21.4. The van der Waals surface area contributed by atoms with Crippen molar-refractivity contribution in [3.8, 4) is 16.9 Å². The average Bonchev–Trinajstić information content (AvgIpc) is 2.86. The lowest BCUT2D eigenvalue weighted by molar-refractivity contribution is -0.130. The van der Waals surface area contributed by atoms with Crippen molar-refractivity contribution in [1.29, 1.82) is 0 Å². The first kappa shape index (κ1) is 23.7. The van der Waals surface area contributed by atoms with Crippen LogP contribution in [-0.4, -0.2) is 52.6 Å². The van der Waals surface area contributed by atoms with Gasteiger partial charge in [0, 0.05) is 42.2 Å². The molecular weight excluding hydrogens is 498 g/mol. The van der Waals surface area contributed by atoms with Crippen molar-refractivity contribution in [2.75, 3.05) is 29.9 Å². The number of benzene rings is 2. The van der Waals surface area contributed by atoms with Crippen LogP contribution in [0.2, 0.25) is 5.02 Å². The minimum Gasteiger partial charge on any atom is -0.507 e. The molecule has 1 amide bonds. The Hall–Kier alpha value is -3.65. The van der Waals surface area contributed by atoms with E-state index in [0.717, 1.165) is 23.1 Å². The molecule has 1 spiro atoms. The highest BCUT2D eigenvalue weighted by atomic mass is 35.5. The molecule has 6 rings (SSSR count). The topological polar surface area (TPSA) is 59.9 Å². The summed E-state index contributed by atoms with van der Waals surface area (Å²) < 4.78 is 30.8. The van der Waals surface area contributed by atoms with Crippen molar-refractivity contribution in [2.45, 2.75) is 25.4 Å². The Kier molecular flexibility index (Phi) is 5.08. The lowest BCUT2D eigenvalue weighted by Gasteiger charge is -2.65. The van der Waals surface area contributed by atoms with Crippen LogP contribution in [0.4, 0.5) is 20.2 Å². The number of aromatic nitrogens is 1. The van der Waals surface area contributed by atoms with Gasteiger partial charge in [-0.05, 0) is 31.2 Å². The lowest BCUT2D eigenvalue weighted by atomic mass is 9.66. The van der Waals surface area contributed by atoms with Gasteiger partial charge in [0.2, 0.25) is 5.91 Å². The molecule has 3 heterocycles. The number of pyridine rings is 1. The van der Waals surface area contributed by atoms with Crippen molar-refractivity contribution in [2.24, 2.45) is 5.92 Å². The number of phenols is 1. The van der Waals surface area contributed by atoms with Crippen molar-refractivity contribution in [1.82, 2.24) is 9.88 Å². The third-order valence-electron chi connectivity index (χ3n) is 8.17. The third-order valence-corrected chi connectivity index (χ3v) is 8.47. The number of anilines is 2. The van der Waals surface area contributed by atoms with Crippen LogP contribution in [0.25, 0.3) is 22.0 Å². The first-order valence-electron chi connectivity index (χ1n) is 12.1. The largest absolute Gasteiger partial charge is 0.507 e. The van der Waals surface area contributed by atoms with E-state index in [4.69, 9.17) is 11.6 Å². The molecule has 37 heavy (non-hydrogen) atoms. The van der Waals surface area contributed by atoms with E-state index in [0.29, 0.717) is 18.5 Å². The molecular formula is C28H25ClF2N4O2. The summed E-state index contributed by atoms with van der Waals surface area (Å²) >= 11 is 6.61. The number of carbonyl (C=O) groups excluding carboxylic acids is 1. The quantitative estimate of drug-likeness (QED) is 0.451. The zero-order valence-electron chi connectivity index (χ0n) is 20.6. The Morgan fingerprint density at radius 1 is 1.30 bits per heavy atom. The maximum atomic E-state index is 16.1. The van der Waals surface area contributed by atoms with Crippen molar-refractivity contribution < 1.29 is 18.7 Å². The number of nitrogens with zero attached hydrogens (tertiary/aromatic N) is 4. The molecule has 190 valence electrons. The summed E-state index contributed by atoms with van der Waals surface area (Å²) in [5.41, 5.74) is 1.59. The van der Waals surface area contributed by atoms with Crippen molar-refractivity contribution in [3.05, 3.63) is 71.5 Å². The summed E-state index contributed by atoms with van der Waals surface area (Å²) in [5, 5.41) is 10.8. The second-order valence-electron chi connectivity index (χ2n) is 10.0. The summed E-state index contributed by atoms with van der Waals surface area (Å²) in [7, 11) is 1.94. The van der Waals surface area contributed by atoms with Gasteiger partial charge in [0.05, 0.1) is 34.7 Å². The van der Waals surface area contributed by atoms with Crippen LogP contribution in [0.5, 0.6) is 5.75 Å². The van der Waals surface area contributed by atoms with E-state index >= 15 is 4.39 Å². The van der Waals surface area contributed by atoms with Gasteiger partial charge in [0.15, 0.2) is 5.82 Å². The van der Waals surface area contributed by atoms with Gasteiger partial charge in [-0.2, -0.15) is 0 Å². The number of aromatic hydroxyl groups is 1. The molecule has 3 unspecified atom stereocenters. The van der Waals surface area contributed by atoms with Gasteiger partial charge >= 0.3 is 0 Å². The molecule has 1 aliphatic carbocycles. The summed E-state index contributed by atoms with van der Waals surface area (Å²) in [4.78, 5) is 23.3. The third kappa shape index (κ3) is 2.96. The molecule has 1 aromatic heterocycles. The molecule has 3 aliphatic rings. The molecule has 0 bridgehead atoms. The summed E-state index contributed by atoms with van der Waals surface area (Å²) in [6.45, 7) is 8.73. The molecule has 2 aromatic carbocycles. The van der Waals surface area contributed by atoms with E-state index in [-0.39, 0.29) is 39.5 Å². The molecule has 9 heteroatoms. The lowest BCUT2D eigenvalue weighted by Crippen LogP contribution is -2.75. The summed E-state index contributed by atoms with van der Waals surface area (Å²) in [6, 6.07) is 5.24. The van der Waals surface area contributed by atoms with E-state index in [1.165, 1.54) is 18.2 Å². The predicted molar refractivity (Wildman–Crippen MR) is 141 cm³/mol. The minimum absolute atomic E-state index is 0.0287. The highest BCUT2D eigenvalue weighted by Gasteiger charge is 2.59. The Morgan fingerprint density at radius 3 is 2.73 bits per heavy atom. The van der Waals surface area contributed by atoms with E-state index < -0.39 is 22.9 Å². The standard InChI is InChI=1S/C28H25ClF2N4O2/c1-5-22(37)34-13-28-14(2)9-21(28)33(4)19-11-32-26-16(27(19)35(28)12-15(34)3)10-17(29)23(25(26)31)24-18(30)7-6-8-20(24)36/h5-11,14-15,36H,1,12-13H2,2-4H3. The normalized spacial score (nSPS) is 24.2. The van der Waals surface area contributed by atoms with Crippen LogP contribution in [0.15, 0.2) is 54.9 Å². The minimum atomic E-state index is -0.807. The Morgan fingerprint density at radius 2 is 2.05 bits per heavy atom. The fraction of sp³-hybridized carbons (Fsp3) is 0.286. The second kappa shape index (κ2) is 7.92. The molecule has 6 nitrogen and oxygen atoms in total. The van der Waals surface area contributed by atoms with Crippen LogP contribution >= 0.6 is 11.6 Å². The maximum Gasteiger partial charge on any atom is 0.246 e. The van der Waals surface area contributed by atoms with E-state index in [9.17, 15) is 14.3 Å². The van der Waals surface area contributed by atoms with Crippen molar-refractivity contribution in [3.63, 3.8) is 0 Å². The number of phenolic OH excluding ortho intramolecular Hbond substituents is 1. The summed E-state index contributed by atoms with van der Waals surface area (Å²) in [5.74, 6) is -2.02. The average molecular weight is 523 g/mol. The van der Waals surface area contributed by atoms with E-state index in [2.05, 4.69) is 29.5 Å². The van der Waals surface area contributed by atoms with Gasteiger partial charge in [-0.1, -0.05) is 37.2 Å². The number of halogens is 3. The van der Waals surface area contributed by atoms with Gasteiger partial charge in [-0.15, -0.1) is 0 Å². The highest BCUT2D eigenvalue weighted by molar-refractivity contribution is 6.34. The van der Waals surface area contributed by atoms with Gasteiger partial charge in [-0.3, -0.25) is 9.78 Å². The molecule has 0 saturated carbocycles. The second-order valence-corrected chi connectivity index (χ2v) is 10.4. The van der Waals surface area contributed by atoms with Crippen LogP contribution in [0.1, 0.15) is 13.8 Å². The Labute approximate surface area is 218 Å². The molecule has 1 fully saturated rings. The Balaban J connectivity index is 1.61. The number of carbonyl (C=O) groups is 1. The number of likely N-dealkylation sites (N-methyl/N-ethyl adjacent to an activating group) is 1. The maximum absolute atomic E-state index is 16.1. The first-order valence-corrected chi connectivity index (χ1v) is 12.4. The molecule has 1 N–H and O–H groups in total. The van der Waals surface area contributed by atoms with Crippen LogP contribution in [0, 0.1) is 17.6 Å². The predicted octanol–water partition coefficient (Wildman–Crippen LogP) is 5.48. The van der Waals surface area contributed by atoms with Crippen LogP contribution < -0.4 is 9.80 Å². The van der Waals surface area contributed by atoms with E-state index in [1.54, 1.807) is 12.3 Å². The Bertz CT molecular complexity index is 1540. The van der Waals surface area contributed by atoms with Gasteiger partial charge < -0.3 is 19.8 Å². The van der Waals surface area contributed by atoms with E-state index in [1.807, 2.05) is 23.8 Å². The summed E-state index contributed by atoms with van der Waals surface area (Å²) in [6.07, 6.45) is 5.12. The van der Waals surface area contributed by atoms with Crippen LogP contribution in [0.3, 0.4) is 0 Å². The number of piperazine rings is 1. The van der Waals surface area contributed by atoms with Crippen LogP contribution in [-0.2, 0) is 4.79 Å². The zero-order chi connectivity index (χ0) is 26.4. The molecule has 1 saturated heterocycles.